The van der Waals surface area contributed by atoms with Crippen LogP contribution in [0.15, 0.2) is 6.20 Å². The predicted octanol–water partition coefficient (Wildman–Crippen LogP) is 3.48. The van der Waals surface area contributed by atoms with Crippen LogP contribution in [0.5, 0.6) is 0 Å². The molecule has 0 aliphatic carbocycles. The summed E-state index contributed by atoms with van der Waals surface area (Å²) in [5.41, 5.74) is 2.25. The fourth-order valence-electron chi connectivity index (χ4n) is 3.05. The third-order valence-electron chi connectivity index (χ3n) is 3.92. The van der Waals surface area contributed by atoms with Crippen LogP contribution in [0.2, 0.25) is 5.15 Å². The zero-order chi connectivity index (χ0) is 14.3. The Balaban J connectivity index is 1.85. The topological polar surface area (TPSA) is 34.0 Å². The molecular weight excluding hydrogens is 292 g/mol. The maximum atomic E-state index is 6.43. The molecule has 1 saturated heterocycles. The van der Waals surface area contributed by atoms with Gasteiger partial charge in [0.2, 0.25) is 0 Å². The van der Waals surface area contributed by atoms with Gasteiger partial charge in [0.1, 0.15) is 5.15 Å². The Labute approximate surface area is 128 Å². The van der Waals surface area contributed by atoms with Crippen molar-refractivity contribution in [2.45, 2.75) is 39.3 Å². The lowest BCUT2D eigenvalue weighted by Crippen LogP contribution is -2.22. The van der Waals surface area contributed by atoms with Crippen LogP contribution in [0.3, 0.4) is 0 Å². The van der Waals surface area contributed by atoms with E-state index in [-0.39, 0.29) is 0 Å². The fraction of sp³-hybridized carbons (Fsp3) is 0.571. The predicted molar refractivity (Wildman–Crippen MR) is 82.2 cm³/mol. The minimum Gasteiger partial charge on any atom is -0.291 e. The molecule has 2 aromatic rings. The van der Waals surface area contributed by atoms with Gasteiger partial charge >= 0.3 is 0 Å². The van der Waals surface area contributed by atoms with Gasteiger partial charge in [0.25, 0.3) is 0 Å². The van der Waals surface area contributed by atoms with Crippen molar-refractivity contribution in [1.29, 1.82) is 0 Å². The lowest BCUT2D eigenvalue weighted by atomic mass is 10.1. The number of nitrogens with zero attached hydrogens (tertiary/aromatic N) is 4. The minimum absolute atomic E-state index is 0.388. The van der Waals surface area contributed by atoms with Crippen molar-refractivity contribution >= 4 is 22.9 Å². The SMILES string of the molecule is Cc1ncc(CN2CCC[C@H]2c2c(C)nn(C)c2Cl)s1. The van der Waals surface area contributed by atoms with Gasteiger partial charge in [-0.05, 0) is 33.2 Å². The number of thiazole rings is 1. The normalized spacial score (nSPS) is 19.9. The van der Waals surface area contributed by atoms with E-state index in [2.05, 4.69) is 28.8 Å². The zero-order valence-corrected chi connectivity index (χ0v) is 13.6. The molecule has 0 amide bonds. The van der Waals surface area contributed by atoms with Crippen LogP contribution in [-0.2, 0) is 13.6 Å². The largest absolute Gasteiger partial charge is 0.291 e. The van der Waals surface area contributed by atoms with E-state index in [0.717, 1.165) is 35.4 Å². The lowest BCUT2D eigenvalue weighted by Gasteiger charge is -2.23. The minimum atomic E-state index is 0.388. The summed E-state index contributed by atoms with van der Waals surface area (Å²) in [4.78, 5) is 8.17. The van der Waals surface area contributed by atoms with Crippen LogP contribution in [0, 0.1) is 13.8 Å². The highest BCUT2D eigenvalue weighted by atomic mass is 35.5. The molecule has 0 aromatic carbocycles. The van der Waals surface area contributed by atoms with E-state index < -0.39 is 0 Å². The Bertz CT molecular complexity index is 619. The van der Waals surface area contributed by atoms with E-state index in [1.165, 1.54) is 16.9 Å². The molecule has 0 bridgehead atoms. The first kappa shape index (κ1) is 14.0. The Morgan fingerprint density at radius 2 is 2.25 bits per heavy atom. The third kappa shape index (κ3) is 2.50. The number of aryl methyl sites for hydroxylation is 3. The molecule has 108 valence electrons. The summed E-state index contributed by atoms with van der Waals surface area (Å²) in [6, 6.07) is 0.388. The Hall–Kier alpha value is -0.910. The first-order valence-corrected chi connectivity index (χ1v) is 8.10. The molecule has 2 aromatic heterocycles. The number of likely N-dealkylation sites (tertiary alicyclic amines) is 1. The number of halogens is 1. The summed E-state index contributed by atoms with van der Waals surface area (Å²) in [6.45, 7) is 6.18. The molecule has 6 heteroatoms. The molecule has 0 N–H and O–H groups in total. The number of hydrogen-bond acceptors (Lipinski definition) is 4. The Kier molecular flexibility index (Phi) is 3.84. The molecule has 1 aliphatic heterocycles. The van der Waals surface area contributed by atoms with Crippen LogP contribution < -0.4 is 0 Å². The molecule has 20 heavy (non-hydrogen) atoms. The van der Waals surface area contributed by atoms with Crippen LogP contribution in [0.4, 0.5) is 0 Å². The van der Waals surface area contributed by atoms with Crippen LogP contribution in [0.1, 0.15) is 40.0 Å². The summed E-state index contributed by atoms with van der Waals surface area (Å²) >= 11 is 8.21. The second-order valence-corrected chi connectivity index (χ2v) is 7.06. The Morgan fingerprint density at radius 3 is 2.85 bits per heavy atom. The standard InChI is InChI=1S/C14H19ClN4S/c1-9-13(14(15)18(3)17-9)12-5-4-6-19(12)8-11-7-16-10(2)20-11/h7,12H,4-6,8H2,1-3H3/t12-/m0/s1. The van der Waals surface area contributed by atoms with Crippen molar-refractivity contribution in [2.24, 2.45) is 7.05 Å². The first-order valence-electron chi connectivity index (χ1n) is 6.90. The quantitative estimate of drug-likeness (QED) is 0.870. The highest BCUT2D eigenvalue weighted by molar-refractivity contribution is 7.11. The van der Waals surface area contributed by atoms with Crippen molar-refractivity contribution in [2.75, 3.05) is 6.54 Å². The molecule has 1 fully saturated rings. The molecule has 0 radical (unpaired) electrons. The van der Waals surface area contributed by atoms with Crippen molar-refractivity contribution < 1.29 is 0 Å². The average molecular weight is 311 g/mol. The summed E-state index contributed by atoms with van der Waals surface area (Å²) in [7, 11) is 1.91. The second-order valence-electron chi connectivity index (χ2n) is 5.39. The van der Waals surface area contributed by atoms with Gasteiger partial charge < -0.3 is 0 Å². The van der Waals surface area contributed by atoms with Gasteiger partial charge in [0, 0.05) is 36.3 Å². The van der Waals surface area contributed by atoms with Gasteiger partial charge in [-0.3, -0.25) is 9.58 Å². The highest BCUT2D eigenvalue weighted by Gasteiger charge is 2.31. The van der Waals surface area contributed by atoms with Gasteiger partial charge in [-0.25, -0.2) is 4.98 Å². The molecule has 0 unspecified atom stereocenters. The maximum absolute atomic E-state index is 6.43. The van der Waals surface area contributed by atoms with E-state index in [4.69, 9.17) is 11.6 Å². The highest BCUT2D eigenvalue weighted by Crippen LogP contribution is 2.38. The van der Waals surface area contributed by atoms with E-state index in [1.807, 2.05) is 13.2 Å². The van der Waals surface area contributed by atoms with Gasteiger partial charge in [0.15, 0.2) is 0 Å². The third-order valence-corrected chi connectivity index (χ3v) is 5.27. The summed E-state index contributed by atoms with van der Waals surface area (Å²) in [5.74, 6) is 0. The number of aromatic nitrogens is 3. The van der Waals surface area contributed by atoms with Gasteiger partial charge in [-0.2, -0.15) is 5.10 Å². The monoisotopic (exact) mass is 310 g/mol. The average Bonchev–Trinajstić information content (AvgIpc) is 3.05. The molecule has 4 nitrogen and oxygen atoms in total. The van der Waals surface area contributed by atoms with Gasteiger partial charge in [-0.1, -0.05) is 11.6 Å². The molecule has 3 heterocycles. The Morgan fingerprint density at radius 1 is 1.45 bits per heavy atom. The van der Waals surface area contributed by atoms with Gasteiger partial charge in [0.05, 0.1) is 10.7 Å². The van der Waals surface area contributed by atoms with Crippen LogP contribution >= 0.6 is 22.9 Å². The number of rotatable bonds is 3. The van der Waals surface area contributed by atoms with Crippen molar-refractivity contribution in [3.63, 3.8) is 0 Å². The van der Waals surface area contributed by atoms with Crippen molar-refractivity contribution in [3.8, 4) is 0 Å². The zero-order valence-electron chi connectivity index (χ0n) is 12.1. The lowest BCUT2D eigenvalue weighted by molar-refractivity contribution is 0.250. The molecule has 1 atom stereocenters. The van der Waals surface area contributed by atoms with E-state index >= 15 is 0 Å². The second kappa shape index (κ2) is 5.47. The summed E-state index contributed by atoms with van der Waals surface area (Å²) in [6.07, 6.45) is 4.37. The molecule has 0 saturated carbocycles. The molecule has 3 rings (SSSR count). The smallest absolute Gasteiger partial charge is 0.131 e. The maximum Gasteiger partial charge on any atom is 0.131 e. The molecule has 1 aliphatic rings. The first-order chi connectivity index (χ1) is 9.56. The summed E-state index contributed by atoms with van der Waals surface area (Å²) in [5, 5.41) is 6.36. The van der Waals surface area contributed by atoms with Crippen LogP contribution in [-0.4, -0.2) is 26.2 Å². The van der Waals surface area contributed by atoms with E-state index in [0.29, 0.717) is 6.04 Å². The molecule has 0 spiro atoms. The summed E-state index contributed by atoms with van der Waals surface area (Å²) < 4.78 is 1.78. The fourth-order valence-corrected chi connectivity index (χ4v) is 4.17. The molecular formula is C14H19ClN4S. The van der Waals surface area contributed by atoms with Crippen molar-refractivity contribution in [3.05, 3.63) is 32.5 Å². The van der Waals surface area contributed by atoms with E-state index in [9.17, 15) is 0 Å². The number of hydrogen-bond donors (Lipinski definition) is 0. The van der Waals surface area contributed by atoms with Crippen LogP contribution in [0.25, 0.3) is 0 Å². The van der Waals surface area contributed by atoms with Gasteiger partial charge in [-0.15, -0.1) is 11.3 Å². The van der Waals surface area contributed by atoms with Crippen molar-refractivity contribution in [1.82, 2.24) is 19.7 Å². The van der Waals surface area contributed by atoms with E-state index in [1.54, 1.807) is 16.0 Å².